The van der Waals surface area contributed by atoms with Crippen LogP contribution in [0.25, 0.3) is 0 Å². The van der Waals surface area contributed by atoms with E-state index in [9.17, 15) is 19.3 Å². The van der Waals surface area contributed by atoms with Crippen molar-refractivity contribution in [3.05, 3.63) is 39.9 Å². The van der Waals surface area contributed by atoms with Gasteiger partial charge in [-0.05, 0) is 25.0 Å². The molecule has 0 unspecified atom stereocenters. The van der Waals surface area contributed by atoms with E-state index in [1.165, 1.54) is 24.3 Å². The highest BCUT2D eigenvalue weighted by Gasteiger charge is 2.26. The number of carbonyl (C=O) groups excluding carboxylic acids is 1. The Morgan fingerprint density at radius 1 is 1.26 bits per heavy atom. The Hall–Kier alpha value is -1.98. The zero-order valence-corrected chi connectivity index (χ0v) is 10.3. The number of rotatable bonds is 3. The van der Waals surface area contributed by atoms with Crippen LogP contribution in [0.3, 0.4) is 0 Å². The summed E-state index contributed by atoms with van der Waals surface area (Å²) in [5.41, 5.74) is 0.237. The lowest BCUT2D eigenvalue weighted by atomic mass is 9.93. The average Bonchev–Trinajstić information content (AvgIpc) is 2.41. The number of hydrogen-bond acceptors (Lipinski definition) is 3. The van der Waals surface area contributed by atoms with Gasteiger partial charge >= 0.3 is 0 Å². The third kappa shape index (κ3) is 3.27. The van der Waals surface area contributed by atoms with Crippen LogP contribution in [0.4, 0.5) is 10.1 Å². The van der Waals surface area contributed by atoms with Crippen LogP contribution in [-0.2, 0) is 0 Å². The molecule has 0 aliphatic heterocycles. The molecule has 5 nitrogen and oxygen atoms in total. The van der Waals surface area contributed by atoms with Gasteiger partial charge in [-0.3, -0.25) is 14.9 Å². The molecule has 102 valence electrons. The van der Waals surface area contributed by atoms with E-state index in [-0.39, 0.29) is 11.6 Å². The van der Waals surface area contributed by atoms with Crippen LogP contribution in [0, 0.1) is 10.1 Å². The molecule has 19 heavy (non-hydrogen) atoms. The van der Waals surface area contributed by atoms with E-state index in [0.717, 1.165) is 12.8 Å². The van der Waals surface area contributed by atoms with Crippen LogP contribution in [0.15, 0.2) is 24.3 Å². The number of benzene rings is 1. The molecule has 0 spiro atoms. The van der Waals surface area contributed by atoms with Crippen molar-refractivity contribution < 1.29 is 14.1 Å². The highest BCUT2D eigenvalue weighted by atomic mass is 19.1. The highest BCUT2D eigenvalue weighted by Crippen LogP contribution is 2.21. The average molecular weight is 266 g/mol. The smallest absolute Gasteiger partial charge is 0.269 e. The highest BCUT2D eigenvalue weighted by molar-refractivity contribution is 5.94. The monoisotopic (exact) mass is 266 g/mol. The number of nitrogens with zero attached hydrogens (tertiary/aromatic N) is 1. The van der Waals surface area contributed by atoms with Gasteiger partial charge in [-0.15, -0.1) is 0 Å². The molecule has 0 aromatic heterocycles. The van der Waals surface area contributed by atoms with Gasteiger partial charge in [-0.1, -0.05) is 12.8 Å². The first kappa shape index (κ1) is 13.5. The van der Waals surface area contributed by atoms with Crippen LogP contribution in [0.5, 0.6) is 0 Å². The van der Waals surface area contributed by atoms with Crippen molar-refractivity contribution in [2.75, 3.05) is 0 Å². The Bertz CT molecular complexity index is 475. The molecule has 1 aliphatic carbocycles. The van der Waals surface area contributed by atoms with Gasteiger partial charge in [0.25, 0.3) is 11.6 Å². The lowest BCUT2D eigenvalue weighted by Crippen LogP contribution is -2.43. The van der Waals surface area contributed by atoms with Gasteiger partial charge in [0.15, 0.2) is 0 Å². The number of hydrogen-bond donors (Lipinski definition) is 1. The molecular formula is C13H15FN2O3. The summed E-state index contributed by atoms with van der Waals surface area (Å²) in [7, 11) is 0. The van der Waals surface area contributed by atoms with Crippen molar-refractivity contribution in [3.8, 4) is 0 Å². The molecule has 1 fully saturated rings. The van der Waals surface area contributed by atoms with E-state index < -0.39 is 17.1 Å². The quantitative estimate of drug-likeness (QED) is 0.675. The molecule has 1 aromatic carbocycles. The van der Waals surface area contributed by atoms with E-state index in [2.05, 4.69) is 5.32 Å². The number of alkyl halides is 1. The van der Waals surface area contributed by atoms with Gasteiger partial charge in [0.05, 0.1) is 11.0 Å². The molecule has 1 amide bonds. The molecule has 0 bridgehead atoms. The minimum Gasteiger partial charge on any atom is -0.346 e. The van der Waals surface area contributed by atoms with Crippen molar-refractivity contribution in [2.45, 2.75) is 37.9 Å². The second kappa shape index (κ2) is 5.77. The van der Waals surface area contributed by atoms with Gasteiger partial charge < -0.3 is 5.32 Å². The number of nitro groups is 1. The summed E-state index contributed by atoms with van der Waals surface area (Å²) in [6.07, 6.45) is 1.87. The lowest BCUT2D eigenvalue weighted by Gasteiger charge is -2.26. The first-order valence-electron chi connectivity index (χ1n) is 6.27. The molecule has 1 saturated carbocycles. The molecule has 6 heteroatoms. The first-order valence-corrected chi connectivity index (χ1v) is 6.27. The fourth-order valence-corrected chi connectivity index (χ4v) is 2.23. The summed E-state index contributed by atoms with van der Waals surface area (Å²) in [4.78, 5) is 21.9. The van der Waals surface area contributed by atoms with Crippen molar-refractivity contribution >= 4 is 11.6 Å². The Labute approximate surface area is 110 Å². The Kier molecular flexibility index (Phi) is 4.09. The minimum atomic E-state index is -1.00. The van der Waals surface area contributed by atoms with E-state index in [4.69, 9.17) is 0 Å². The Morgan fingerprint density at radius 3 is 2.47 bits per heavy atom. The zero-order valence-electron chi connectivity index (χ0n) is 10.3. The number of halogens is 1. The Balaban J connectivity index is 2.01. The van der Waals surface area contributed by atoms with Gasteiger partial charge in [0.1, 0.15) is 6.17 Å². The third-order valence-electron chi connectivity index (χ3n) is 3.34. The van der Waals surface area contributed by atoms with Crippen molar-refractivity contribution in [1.29, 1.82) is 0 Å². The van der Waals surface area contributed by atoms with Crippen LogP contribution in [0.1, 0.15) is 36.0 Å². The fraction of sp³-hybridized carbons (Fsp3) is 0.462. The van der Waals surface area contributed by atoms with Gasteiger partial charge in [-0.2, -0.15) is 0 Å². The van der Waals surface area contributed by atoms with E-state index in [0.29, 0.717) is 18.4 Å². The molecule has 1 N–H and O–H groups in total. The molecular weight excluding hydrogens is 251 g/mol. The molecule has 2 atom stereocenters. The van der Waals surface area contributed by atoms with Crippen molar-refractivity contribution in [3.63, 3.8) is 0 Å². The summed E-state index contributed by atoms with van der Waals surface area (Å²) >= 11 is 0. The fourth-order valence-electron chi connectivity index (χ4n) is 2.23. The largest absolute Gasteiger partial charge is 0.346 e. The predicted molar refractivity (Wildman–Crippen MR) is 67.7 cm³/mol. The number of nitro benzene ring substituents is 1. The summed E-state index contributed by atoms with van der Waals surface area (Å²) < 4.78 is 13.6. The van der Waals surface area contributed by atoms with Crippen LogP contribution in [-0.4, -0.2) is 23.0 Å². The first-order chi connectivity index (χ1) is 9.08. The number of amides is 1. The minimum absolute atomic E-state index is 0.0717. The second-order valence-electron chi connectivity index (χ2n) is 4.68. The molecule has 0 saturated heterocycles. The maximum Gasteiger partial charge on any atom is 0.269 e. The van der Waals surface area contributed by atoms with Crippen molar-refractivity contribution in [2.24, 2.45) is 0 Å². The predicted octanol–water partition coefficient (Wildman–Crippen LogP) is 2.61. The van der Waals surface area contributed by atoms with E-state index >= 15 is 0 Å². The number of nitrogens with one attached hydrogen (secondary N) is 1. The summed E-state index contributed by atoms with van der Waals surface area (Å²) in [5, 5.41) is 13.1. The number of carbonyl (C=O) groups is 1. The summed E-state index contributed by atoms with van der Waals surface area (Å²) in [5.74, 6) is -0.385. The van der Waals surface area contributed by atoms with Gasteiger partial charge in [0, 0.05) is 17.7 Å². The summed E-state index contributed by atoms with van der Waals surface area (Å²) in [6, 6.07) is 4.84. The Morgan fingerprint density at radius 2 is 1.89 bits per heavy atom. The van der Waals surface area contributed by atoms with Gasteiger partial charge in [0.2, 0.25) is 0 Å². The number of non-ortho nitro benzene ring substituents is 1. The molecule has 1 aliphatic rings. The third-order valence-corrected chi connectivity index (χ3v) is 3.34. The van der Waals surface area contributed by atoms with Gasteiger partial charge in [-0.25, -0.2) is 4.39 Å². The van der Waals surface area contributed by atoms with E-state index in [1.807, 2.05) is 0 Å². The van der Waals surface area contributed by atoms with Crippen molar-refractivity contribution in [1.82, 2.24) is 5.32 Å². The van der Waals surface area contributed by atoms with Crippen LogP contribution in [0.2, 0.25) is 0 Å². The SMILES string of the molecule is O=C(N[C@H]1CCCC[C@@H]1F)c1ccc([N+](=O)[O-])cc1. The van der Waals surface area contributed by atoms with Crippen LogP contribution >= 0.6 is 0 Å². The molecule has 2 rings (SSSR count). The molecule has 0 heterocycles. The zero-order chi connectivity index (χ0) is 13.8. The molecule has 1 aromatic rings. The maximum absolute atomic E-state index is 13.6. The normalized spacial score (nSPS) is 22.8. The van der Waals surface area contributed by atoms with E-state index in [1.54, 1.807) is 0 Å². The second-order valence-corrected chi connectivity index (χ2v) is 4.68. The topological polar surface area (TPSA) is 72.2 Å². The van der Waals surface area contributed by atoms with Crippen LogP contribution < -0.4 is 5.32 Å². The molecule has 0 radical (unpaired) electrons. The maximum atomic E-state index is 13.6. The summed E-state index contributed by atoms with van der Waals surface area (Å²) in [6.45, 7) is 0. The standard InChI is InChI=1S/C13H15FN2O3/c14-11-3-1-2-4-12(11)15-13(17)9-5-7-10(8-6-9)16(18)19/h5-8,11-12H,1-4H2,(H,15,17)/t11-,12-/m0/s1. The lowest BCUT2D eigenvalue weighted by molar-refractivity contribution is -0.384.